The average molecular weight is 713 g/mol. The minimum absolute atomic E-state index is 0.560. The predicted octanol–water partition coefficient (Wildman–Crippen LogP) is 7.70. The van der Waals surface area contributed by atoms with Gasteiger partial charge in [0.15, 0.2) is 6.29 Å². The Hall–Kier alpha value is -3.92. The molecule has 1 saturated heterocycles. The van der Waals surface area contributed by atoms with Gasteiger partial charge in [-0.25, -0.2) is 0 Å². The third-order valence-corrected chi connectivity index (χ3v) is 8.75. The number of ether oxygens (including phenoxy) is 2. The van der Waals surface area contributed by atoms with Crippen LogP contribution in [0.15, 0.2) is 138 Å². The van der Waals surface area contributed by atoms with Gasteiger partial charge in [0.2, 0.25) is 0 Å². The van der Waals surface area contributed by atoms with Gasteiger partial charge in [-0.15, -0.1) is 0 Å². The normalized spacial score (nSPS) is 24.1. The highest BCUT2D eigenvalue weighted by atomic mass is 16.7. The first kappa shape index (κ1) is 44.2. The van der Waals surface area contributed by atoms with Gasteiger partial charge in [0.1, 0.15) is 30.5 Å². The van der Waals surface area contributed by atoms with Crippen LogP contribution in [0.25, 0.3) is 6.08 Å². The van der Waals surface area contributed by atoms with Crippen LogP contribution in [0.4, 0.5) is 0 Å². The third kappa shape index (κ3) is 15.0. The van der Waals surface area contributed by atoms with E-state index in [0.717, 1.165) is 16.7 Å². The number of aliphatic hydroxyl groups excluding tert-OH is 5. The molecule has 1 aliphatic rings. The monoisotopic (exact) mass is 712 g/mol. The van der Waals surface area contributed by atoms with Crippen LogP contribution < -0.4 is 0 Å². The molecule has 0 unspecified atom stereocenters. The van der Waals surface area contributed by atoms with E-state index in [0.29, 0.717) is 0 Å². The second-order valence-corrected chi connectivity index (χ2v) is 13.8. The van der Waals surface area contributed by atoms with Crippen molar-refractivity contribution in [1.82, 2.24) is 0 Å². The molecule has 0 bridgehead atoms. The fraction of sp³-hybridized carbons (Fsp3) is 0.378. The molecule has 52 heavy (non-hydrogen) atoms. The standard InChI is InChI=1S/C45H60O7/c1-31(18-12-10-11-13-25-40(47)45(8,9)52-44-43(50)42(49)41(48)39(30-46)51-44)21-16-22-32(2)19-14-15-20-33(3)23-17-24-34(4)26-29-38-36(6)28-27-35(5)37(38)7/h10-29,39-44,46-50H,30H2,1-9H3/b11-10+,15-14+,18-12+,22-16+,23-17+,25-13+,29-26+,31-21+,32-19+,33-20+,34-24+/t39-,40+,41-,42+,43-,44+/m1/s1. The van der Waals surface area contributed by atoms with Crippen molar-refractivity contribution in [1.29, 1.82) is 0 Å². The summed E-state index contributed by atoms with van der Waals surface area (Å²) in [4.78, 5) is 0. The number of aliphatic hydroxyl groups is 5. The summed E-state index contributed by atoms with van der Waals surface area (Å²) >= 11 is 0. The zero-order valence-corrected chi connectivity index (χ0v) is 32.3. The van der Waals surface area contributed by atoms with Crippen LogP contribution in [0, 0.1) is 20.8 Å². The first-order valence-corrected chi connectivity index (χ1v) is 17.7. The van der Waals surface area contributed by atoms with E-state index in [1.807, 2.05) is 55.5 Å². The zero-order valence-electron chi connectivity index (χ0n) is 32.3. The van der Waals surface area contributed by atoms with E-state index in [1.165, 1.54) is 33.9 Å². The molecule has 0 aromatic heterocycles. The maximum atomic E-state index is 10.6. The Kier molecular flexibility index (Phi) is 18.9. The molecule has 0 saturated carbocycles. The molecule has 0 aliphatic carbocycles. The highest BCUT2D eigenvalue weighted by Gasteiger charge is 2.46. The highest BCUT2D eigenvalue weighted by Crippen LogP contribution is 2.28. The summed E-state index contributed by atoms with van der Waals surface area (Å²) < 4.78 is 11.1. The molecule has 1 fully saturated rings. The maximum absolute atomic E-state index is 10.6. The van der Waals surface area contributed by atoms with Crippen molar-refractivity contribution in [2.75, 3.05) is 6.61 Å². The van der Waals surface area contributed by atoms with Crippen molar-refractivity contribution in [3.63, 3.8) is 0 Å². The molecule has 1 aromatic rings. The molecule has 2 rings (SSSR count). The Labute approximate surface area is 311 Å². The lowest BCUT2D eigenvalue weighted by atomic mass is 9.97. The average Bonchev–Trinajstić information content (AvgIpc) is 3.09. The van der Waals surface area contributed by atoms with Crippen molar-refractivity contribution in [2.24, 2.45) is 0 Å². The molecule has 7 heteroatoms. The van der Waals surface area contributed by atoms with Gasteiger partial charge in [-0.1, -0.05) is 144 Å². The van der Waals surface area contributed by atoms with Gasteiger partial charge in [0.25, 0.3) is 0 Å². The van der Waals surface area contributed by atoms with E-state index in [-0.39, 0.29) is 0 Å². The number of hydrogen-bond acceptors (Lipinski definition) is 7. The summed E-state index contributed by atoms with van der Waals surface area (Å²) in [5.41, 5.74) is 8.55. The number of allylic oxidation sites excluding steroid dienone is 20. The van der Waals surface area contributed by atoms with E-state index in [1.54, 1.807) is 26.0 Å². The van der Waals surface area contributed by atoms with Crippen LogP contribution in [0.1, 0.15) is 63.8 Å². The van der Waals surface area contributed by atoms with E-state index >= 15 is 0 Å². The van der Waals surface area contributed by atoms with Crippen molar-refractivity contribution in [3.8, 4) is 0 Å². The SMILES string of the molecule is CC(/C=C/C=C(C)/C=C/C=C/C=C/[C@H](O)C(C)(C)O[C@@H]1O[C@H](CO)[C@@H](O)[C@H](O)[C@H]1O)=C\C=C\C=C(C)\C=C\C=C(C)\C=C\c1c(C)ccc(C)c1C. The Morgan fingerprint density at radius 1 is 0.692 bits per heavy atom. The van der Waals surface area contributed by atoms with Gasteiger partial charge in [-0.05, 0) is 84.6 Å². The second kappa shape index (κ2) is 22.2. The molecule has 5 N–H and O–H groups in total. The molecule has 1 heterocycles. The first-order valence-electron chi connectivity index (χ1n) is 17.7. The lowest BCUT2D eigenvalue weighted by molar-refractivity contribution is -0.329. The lowest BCUT2D eigenvalue weighted by Gasteiger charge is -2.43. The predicted molar refractivity (Wildman–Crippen MR) is 214 cm³/mol. The van der Waals surface area contributed by atoms with E-state index < -0.39 is 49.0 Å². The van der Waals surface area contributed by atoms with Crippen molar-refractivity contribution in [2.45, 2.75) is 105 Å². The molecule has 0 spiro atoms. The van der Waals surface area contributed by atoms with Crippen LogP contribution in [0.3, 0.4) is 0 Å². The Balaban J connectivity index is 1.82. The highest BCUT2D eigenvalue weighted by molar-refractivity contribution is 5.61. The molecular weight excluding hydrogens is 652 g/mol. The van der Waals surface area contributed by atoms with Gasteiger partial charge in [0.05, 0.1) is 12.2 Å². The molecule has 282 valence electrons. The number of rotatable bonds is 16. The first-order chi connectivity index (χ1) is 24.6. The minimum Gasteiger partial charge on any atom is -0.394 e. The van der Waals surface area contributed by atoms with Crippen LogP contribution in [0.5, 0.6) is 0 Å². The fourth-order valence-electron chi connectivity index (χ4n) is 5.05. The smallest absolute Gasteiger partial charge is 0.187 e. The molecule has 7 nitrogen and oxygen atoms in total. The van der Waals surface area contributed by atoms with Crippen LogP contribution in [-0.4, -0.2) is 74.6 Å². The van der Waals surface area contributed by atoms with Gasteiger partial charge in [-0.2, -0.15) is 0 Å². The zero-order chi connectivity index (χ0) is 38.8. The van der Waals surface area contributed by atoms with Crippen LogP contribution >= 0.6 is 0 Å². The van der Waals surface area contributed by atoms with Gasteiger partial charge < -0.3 is 35.0 Å². The Morgan fingerprint density at radius 2 is 1.19 bits per heavy atom. The summed E-state index contributed by atoms with van der Waals surface area (Å²) in [6.07, 6.45) is 27.5. The number of benzene rings is 1. The number of aryl methyl sites for hydroxylation is 2. The van der Waals surface area contributed by atoms with Crippen molar-refractivity contribution >= 4 is 6.08 Å². The topological polar surface area (TPSA) is 120 Å². The minimum atomic E-state index is -1.55. The van der Waals surface area contributed by atoms with E-state index in [4.69, 9.17) is 9.47 Å². The molecule has 0 amide bonds. The Morgan fingerprint density at radius 3 is 1.77 bits per heavy atom. The van der Waals surface area contributed by atoms with Crippen LogP contribution in [-0.2, 0) is 9.47 Å². The van der Waals surface area contributed by atoms with Crippen molar-refractivity contribution < 1.29 is 35.0 Å². The van der Waals surface area contributed by atoms with Crippen LogP contribution in [0.2, 0.25) is 0 Å². The molecular formula is C45H60O7. The van der Waals surface area contributed by atoms with E-state index in [2.05, 4.69) is 96.2 Å². The quantitative estimate of drug-likeness (QED) is 0.112. The summed E-state index contributed by atoms with van der Waals surface area (Å²) in [6.45, 7) is 17.4. The third-order valence-electron chi connectivity index (χ3n) is 8.75. The summed E-state index contributed by atoms with van der Waals surface area (Å²) in [7, 11) is 0. The molecule has 1 aliphatic heterocycles. The van der Waals surface area contributed by atoms with Gasteiger partial charge >= 0.3 is 0 Å². The number of hydrogen-bond donors (Lipinski definition) is 5. The van der Waals surface area contributed by atoms with Gasteiger partial charge in [-0.3, -0.25) is 0 Å². The molecule has 0 radical (unpaired) electrons. The van der Waals surface area contributed by atoms with Crippen molar-refractivity contribution in [3.05, 3.63) is 160 Å². The Bertz CT molecular complexity index is 1640. The maximum Gasteiger partial charge on any atom is 0.187 e. The second-order valence-electron chi connectivity index (χ2n) is 13.8. The fourth-order valence-corrected chi connectivity index (χ4v) is 5.05. The van der Waals surface area contributed by atoms with E-state index in [9.17, 15) is 25.5 Å². The van der Waals surface area contributed by atoms with Gasteiger partial charge in [0, 0.05) is 0 Å². The summed E-state index contributed by atoms with van der Waals surface area (Å²) in [6, 6.07) is 4.35. The largest absolute Gasteiger partial charge is 0.394 e. The molecule has 1 aromatic carbocycles. The molecule has 6 atom stereocenters. The summed E-state index contributed by atoms with van der Waals surface area (Å²) in [5, 5.41) is 50.2. The summed E-state index contributed by atoms with van der Waals surface area (Å²) in [5.74, 6) is 0. The lowest BCUT2D eigenvalue weighted by Crippen LogP contribution is -2.61.